The Hall–Kier alpha value is -3.21. The molecular formula is C23H27N3O2. The molecule has 0 fully saturated rings. The molecule has 0 amide bonds. The third-order valence-electron chi connectivity index (χ3n) is 4.82. The van der Waals surface area contributed by atoms with Crippen LogP contribution >= 0.6 is 0 Å². The van der Waals surface area contributed by atoms with Gasteiger partial charge in [-0.2, -0.15) is 5.10 Å². The highest BCUT2D eigenvalue weighted by Crippen LogP contribution is 2.27. The van der Waals surface area contributed by atoms with Gasteiger partial charge in [0.1, 0.15) is 0 Å². The van der Waals surface area contributed by atoms with Gasteiger partial charge in [-0.05, 0) is 43.2 Å². The zero-order valence-electron chi connectivity index (χ0n) is 16.9. The van der Waals surface area contributed by atoms with Crippen molar-refractivity contribution >= 4 is 6.21 Å². The Morgan fingerprint density at radius 2 is 1.68 bits per heavy atom. The first-order chi connectivity index (χ1) is 13.6. The van der Waals surface area contributed by atoms with Crippen LogP contribution in [0.15, 0.2) is 59.7 Å². The number of aryl methyl sites for hydroxylation is 1. The molecule has 0 atom stereocenters. The number of hydrogen-bond donors (Lipinski definition) is 1. The largest absolute Gasteiger partial charge is 0.493 e. The number of rotatable bonds is 8. The molecule has 3 rings (SSSR count). The maximum Gasteiger partial charge on any atom is 0.161 e. The van der Waals surface area contributed by atoms with Crippen LogP contribution in [0.4, 0.5) is 0 Å². The van der Waals surface area contributed by atoms with Crippen molar-refractivity contribution in [3.8, 4) is 11.5 Å². The lowest BCUT2D eigenvalue weighted by molar-refractivity contribution is 0.354. The Balaban J connectivity index is 1.64. The van der Waals surface area contributed by atoms with Crippen LogP contribution in [-0.4, -0.2) is 25.0 Å². The van der Waals surface area contributed by atoms with Crippen molar-refractivity contribution in [1.29, 1.82) is 0 Å². The van der Waals surface area contributed by atoms with E-state index < -0.39 is 0 Å². The third kappa shape index (κ3) is 4.55. The van der Waals surface area contributed by atoms with Gasteiger partial charge in [-0.1, -0.05) is 36.4 Å². The maximum absolute atomic E-state index is 5.34. The molecule has 2 aromatic carbocycles. The molecule has 146 valence electrons. The molecule has 5 nitrogen and oxygen atoms in total. The predicted octanol–water partition coefficient (Wildman–Crippen LogP) is 4.29. The molecule has 0 radical (unpaired) electrons. The van der Waals surface area contributed by atoms with Gasteiger partial charge in [-0.25, -0.2) is 0 Å². The average molecular weight is 377 g/mol. The molecule has 1 aromatic heterocycles. The first-order valence-electron chi connectivity index (χ1n) is 9.30. The molecule has 1 heterocycles. The quantitative estimate of drug-likeness (QED) is 0.470. The summed E-state index contributed by atoms with van der Waals surface area (Å²) < 4.78 is 12.9. The summed E-state index contributed by atoms with van der Waals surface area (Å²) in [5.41, 5.74) is 9.02. The van der Waals surface area contributed by atoms with E-state index in [1.54, 1.807) is 14.2 Å². The average Bonchev–Trinajstić information content (AvgIpc) is 2.99. The molecular weight excluding hydrogens is 350 g/mol. The van der Waals surface area contributed by atoms with Crippen molar-refractivity contribution in [2.24, 2.45) is 5.10 Å². The number of nitrogens with zero attached hydrogens (tertiary/aromatic N) is 2. The van der Waals surface area contributed by atoms with Crippen LogP contribution < -0.4 is 14.9 Å². The second-order valence-corrected chi connectivity index (χ2v) is 6.68. The molecule has 5 heteroatoms. The second kappa shape index (κ2) is 9.13. The van der Waals surface area contributed by atoms with Gasteiger partial charge in [0.05, 0.1) is 27.0 Å². The first-order valence-corrected chi connectivity index (χ1v) is 9.30. The molecule has 28 heavy (non-hydrogen) atoms. The van der Waals surface area contributed by atoms with Gasteiger partial charge in [-0.15, -0.1) is 0 Å². The van der Waals surface area contributed by atoms with Crippen LogP contribution in [0.25, 0.3) is 0 Å². The Morgan fingerprint density at radius 1 is 0.929 bits per heavy atom. The zero-order valence-corrected chi connectivity index (χ0v) is 16.9. The summed E-state index contributed by atoms with van der Waals surface area (Å²) in [5, 5.41) is 4.40. The maximum atomic E-state index is 5.34. The Labute approximate surface area is 166 Å². The predicted molar refractivity (Wildman–Crippen MR) is 113 cm³/mol. The number of ether oxygens (including phenoxy) is 2. The SMILES string of the molecule is COc1ccc(CN/N=C\c2cc(C)n(Cc3ccccc3)c2C)cc1OC. The number of benzene rings is 2. The normalized spacial score (nSPS) is 11.0. The van der Waals surface area contributed by atoms with Gasteiger partial charge in [-0.3, -0.25) is 0 Å². The van der Waals surface area contributed by atoms with Crippen LogP contribution in [-0.2, 0) is 13.1 Å². The second-order valence-electron chi connectivity index (χ2n) is 6.68. The summed E-state index contributed by atoms with van der Waals surface area (Å²) in [5.74, 6) is 1.44. The molecule has 0 aliphatic rings. The molecule has 1 N–H and O–H groups in total. The van der Waals surface area contributed by atoms with Crippen molar-refractivity contribution in [3.05, 3.63) is 82.7 Å². The molecule has 0 unspecified atom stereocenters. The summed E-state index contributed by atoms with van der Waals surface area (Å²) in [7, 11) is 3.27. The number of aromatic nitrogens is 1. The highest BCUT2D eigenvalue weighted by atomic mass is 16.5. The molecule has 0 aliphatic heterocycles. The Kier molecular flexibility index (Phi) is 6.37. The van der Waals surface area contributed by atoms with Crippen LogP contribution in [0.5, 0.6) is 11.5 Å². The topological polar surface area (TPSA) is 47.8 Å². The van der Waals surface area contributed by atoms with Gasteiger partial charge in [0.2, 0.25) is 0 Å². The first kappa shape index (κ1) is 19.5. The number of nitrogens with one attached hydrogen (secondary N) is 1. The van der Waals surface area contributed by atoms with E-state index in [1.165, 1.54) is 17.0 Å². The minimum atomic E-state index is 0.611. The number of hydrogen-bond acceptors (Lipinski definition) is 4. The van der Waals surface area contributed by atoms with Gasteiger partial charge in [0.25, 0.3) is 0 Å². The van der Waals surface area contributed by atoms with E-state index in [-0.39, 0.29) is 0 Å². The summed E-state index contributed by atoms with van der Waals surface area (Å²) >= 11 is 0. The van der Waals surface area contributed by atoms with E-state index >= 15 is 0 Å². The fourth-order valence-electron chi connectivity index (χ4n) is 3.21. The molecule has 0 saturated carbocycles. The van der Waals surface area contributed by atoms with Crippen LogP contribution in [0, 0.1) is 13.8 Å². The lowest BCUT2D eigenvalue weighted by atomic mass is 10.2. The minimum absolute atomic E-state index is 0.611. The summed E-state index contributed by atoms with van der Waals surface area (Å²) in [6.45, 7) is 5.74. The highest BCUT2D eigenvalue weighted by Gasteiger charge is 2.08. The van der Waals surface area contributed by atoms with Crippen molar-refractivity contribution in [2.75, 3.05) is 14.2 Å². The van der Waals surface area contributed by atoms with Crippen LogP contribution in [0.3, 0.4) is 0 Å². The molecule has 0 aliphatic carbocycles. The molecule has 3 aromatic rings. The van der Waals surface area contributed by atoms with E-state index in [0.29, 0.717) is 6.54 Å². The number of hydrazone groups is 1. The molecule has 0 bridgehead atoms. The smallest absolute Gasteiger partial charge is 0.161 e. The fourth-order valence-corrected chi connectivity index (χ4v) is 3.21. The van der Waals surface area contributed by atoms with E-state index in [2.05, 4.69) is 59.3 Å². The van der Waals surface area contributed by atoms with E-state index in [4.69, 9.17) is 9.47 Å². The summed E-state index contributed by atoms with van der Waals surface area (Å²) in [4.78, 5) is 0. The lowest BCUT2D eigenvalue weighted by Gasteiger charge is -2.10. The lowest BCUT2D eigenvalue weighted by Crippen LogP contribution is -2.07. The van der Waals surface area contributed by atoms with Crippen LogP contribution in [0.1, 0.15) is 28.1 Å². The van der Waals surface area contributed by atoms with Gasteiger partial charge in [0.15, 0.2) is 11.5 Å². The highest BCUT2D eigenvalue weighted by molar-refractivity contribution is 5.81. The zero-order chi connectivity index (χ0) is 19.9. The van der Waals surface area contributed by atoms with E-state index in [9.17, 15) is 0 Å². The van der Waals surface area contributed by atoms with Gasteiger partial charge >= 0.3 is 0 Å². The van der Waals surface area contributed by atoms with E-state index in [0.717, 1.165) is 29.2 Å². The van der Waals surface area contributed by atoms with Crippen molar-refractivity contribution < 1.29 is 9.47 Å². The molecule has 0 saturated heterocycles. The van der Waals surface area contributed by atoms with Crippen molar-refractivity contribution in [1.82, 2.24) is 9.99 Å². The Bertz CT molecular complexity index is 946. The minimum Gasteiger partial charge on any atom is -0.493 e. The van der Waals surface area contributed by atoms with Crippen molar-refractivity contribution in [3.63, 3.8) is 0 Å². The number of methoxy groups -OCH3 is 2. The summed E-state index contributed by atoms with van der Waals surface area (Å²) in [6.07, 6.45) is 1.88. The van der Waals surface area contributed by atoms with E-state index in [1.807, 2.05) is 30.5 Å². The van der Waals surface area contributed by atoms with Gasteiger partial charge < -0.3 is 19.5 Å². The third-order valence-corrected chi connectivity index (χ3v) is 4.82. The van der Waals surface area contributed by atoms with Crippen molar-refractivity contribution in [2.45, 2.75) is 26.9 Å². The van der Waals surface area contributed by atoms with Gasteiger partial charge in [0, 0.05) is 23.5 Å². The fraction of sp³-hybridized carbons (Fsp3) is 0.261. The summed E-state index contributed by atoms with van der Waals surface area (Å²) in [6, 6.07) is 18.5. The molecule has 0 spiro atoms. The Morgan fingerprint density at radius 3 is 2.39 bits per heavy atom. The van der Waals surface area contributed by atoms with Crippen LogP contribution in [0.2, 0.25) is 0 Å². The monoisotopic (exact) mass is 377 g/mol. The standard InChI is InChI=1S/C23H27N3O2/c1-17-12-21(18(2)26(17)16-19-8-6-5-7-9-19)15-25-24-14-20-10-11-22(27-3)23(13-20)28-4/h5-13,15,24H,14,16H2,1-4H3/b25-15-.